The van der Waals surface area contributed by atoms with Crippen LogP contribution in [0.3, 0.4) is 0 Å². The quantitative estimate of drug-likeness (QED) is 0.670. The first kappa shape index (κ1) is 13.5. The summed E-state index contributed by atoms with van der Waals surface area (Å²) in [6, 6.07) is -0.487. The number of carbonyl (C=O) groups excluding carboxylic acids is 3. The molecule has 0 aromatic carbocycles. The number of rotatable bonds is 5. The molecule has 1 saturated heterocycles. The van der Waals surface area contributed by atoms with E-state index in [1.807, 2.05) is 6.92 Å². The Morgan fingerprint density at radius 1 is 1.53 bits per heavy atom. The van der Waals surface area contributed by atoms with Gasteiger partial charge >= 0.3 is 5.97 Å². The van der Waals surface area contributed by atoms with Crippen molar-refractivity contribution >= 4 is 17.8 Å². The Morgan fingerprint density at radius 2 is 2.24 bits per heavy atom. The normalized spacial score (nSPS) is 18.7. The fraction of sp³-hybridized carbons (Fsp3) is 0.727. The van der Waals surface area contributed by atoms with E-state index in [9.17, 15) is 14.4 Å². The van der Waals surface area contributed by atoms with Crippen molar-refractivity contribution in [2.75, 3.05) is 20.2 Å². The molecule has 0 unspecified atom stereocenters. The fourth-order valence-electron chi connectivity index (χ4n) is 1.78. The van der Waals surface area contributed by atoms with Crippen LogP contribution in [0.25, 0.3) is 0 Å². The number of methoxy groups -OCH3 is 1. The van der Waals surface area contributed by atoms with Gasteiger partial charge in [0, 0.05) is 13.0 Å². The summed E-state index contributed by atoms with van der Waals surface area (Å²) < 4.78 is 4.54. The Labute approximate surface area is 100 Å². The summed E-state index contributed by atoms with van der Waals surface area (Å²) >= 11 is 0. The van der Waals surface area contributed by atoms with E-state index < -0.39 is 12.0 Å². The molecule has 1 N–H and O–H groups in total. The molecule has 6 heteroatoms. The van der Waals surface area contributed by atoms with E-state index in [-0.39, 0.29) is 18.4 Å². The van der Waals surface area contributed by atoms with Crippen LogP contribution in [0.15, 0.2) is 0 Å². The third-order valence-electron chi connectivity index (χ3n) is 2.65. The van der Waals surface area contributed by atoms with Gasteiger partial charge in [-0.1, -0.05) is 6.92 Å². The predicted octanol–water partition coefficient (Wildman–Crippen LogP) is -0.323. The third-order valence-corrected chi connectivity index (χ3v) is 2.65. The molecule has 2 amide bonds. The van der Waals surface area contributed by atoms with Crippen LogP contribution in [0.5, 0.6) is 0 Å². The van der Waals surface area contributed by atoms with Crippen molar-refractivity contribution < 1.29 is 19.1 Å². The molecular formula is C11H18N2O4. The third kappa shape index (κ3) is 3.72. The average molecular weight is 242 g/mol. The van der Waals surface area contributed by atoms with Crippen LogP contribution >= 0.6 is 0 Å². The number of amides is 2. The van der Waals surface area contributed by atoms with Crippen LogP contribution in [0, 0.1) is 0 Å². The monoisotopic (exact) mass is 242 g/mol. The summed E-state index contributed by atoms with van der Waals surface area (Å²) in [5, 5.41) is 2.60. The number of nitrogens with one attached hydrogen (secondary N) is 1. The van der Waals surface area contributed by atoms with Crippen LogP contribution in [-0.4, -0.2) is 48.9 Å². The zero-order chi connectivity index (χ0) is 12.8. The molecule has 1 aliphatic rings. The van der Waals surface area contributed by atoms with Crippen LogP contribution in [0.2, 0.25) is 0 Å². The molecule has 1 fully saturated rings. The molecular weight excluding hydrogens is 224 g/mol. The van der Waals surface area contributed by atoms with Crippen LogP contribution in [0.1, 0.15) is 26.2 Å². The average Bonchev–Trinajstić information content (AvgIpc) is 2.74. The highest BCUT2D eigenvalue weighted by Gasteiger charge is 2.31. The maximum atomic E-state index is 12.0. The summed E-state index contributed by atoms with van der Waals surface area (Å²) in [7, 11) is 1.29. The molecule has 0 aromatic rings. The minimum Gasteiger partial charge on any atom is -0.468 e. The van der Waals surface area contributed by atoms with E-state index in [4.69, 9.17) is 0 Å². The molecule has 1 atom stereocenters. The summed E-state index contributed by atoms with van der Waals surface area (Å²) in [6.45, 7) is 2.35. The zero-order valence-corrected chi connectivity index (χ0v) is 10.2. The van der Waals surface area contributed by atoms with E-state index in [2.05, 4.69) is 10.1 Å². The number of carbonyl (C=O) groups is 3. The van der Waals surface area contributed by atoms with Gasteiger partial charge in [0.2, 0.25) is 11.8 Å². The minimum atomic E-state index is -0.487. The largest absolute Gasteiger partial charge is 0.468 e. The summed E-state index contributed by atoms with van der Waals surface area (Å²) in [4.78, 5) is 35.7. The summed E-state index contributed by atoms with van der Waals surface area (Å²) in [6.07, 6.45) is 1.62. The SMILES string of the molecule is CCCN(CC(=O)OC)C(=O)[C@@H]1CCC(=O)N1. The van der Waals surface area contributed by atoms with Crippen molar-refractivity contribution in [2.24, 2.45) is 0 Å². The van der Waals surface area contributed by atoms with Gasteiger partial charge in [-0.25, -0.2) is 0 Å². The van der Waals surface area contributed by atoms with E-state index >= 15 is 0 Å². The van der Waals surface area contributed by atoms with Crippen molar-refractivity contribution in [3.05, 3.63) is 0 Å². The molecule has 17 heavy (non-hydrogen) atoms. The Bertz CT molecular complexity index is 317. The zero-order valence-electron chi connectivity index (χ0n) is 10.2. The molecule has 1 heterocycles. The first-order valence-corrected chi connectivity index (χ1v) is 5.73. The molecule has 1 rings (SSSR count). The van der Waals surface area contributed by atoms with Gasteiger partial charge in [0.25, 0.3) is 0 Å². The van der Waals surface area contributed by atoms with Gasteiger partial charge in [0.05, 0.1) is 7.11 Å². The number of hydrogen-bond acceptors (Lipinski definition) is 4. The van der Waals surface area contributed by atoms with Crippen molar-refractivity contribution in [1.82, 2.24) is 10.2 Å². The molecule has 0 aliphatic carbocycles. The number of ether oxygens (including phenoxy) is 1. The number of esters is 1. The first-order valence-electron chi connectivity index (χ1n) is 5.73. The highest BCUT2D eigenvalue weighted by molar-refractivity contribution is 5.92. The lowest BCUT2D eigenvalue weighted by atomic mass is 10.2. The van der Waals surface area contributed by atoms with E-state index in [1.165, 1.54) is 12.0 Å². The molecule has 0 spiro atoms. The van der Waals surface area contributed by atoms with Gasteiger partial charge in [-0.2, -0.15) is 0 Å². The number of nitrogens with zero attached hydrogens (tertiary/aromatic N) is 1. The topological polar surface area (TPSA) is 75.7 Å². The lowest BCUT2D eigenvalue weighted by Crippen LogP contribution is -2.46. The van der Waals surface area contributed by atoms with Crippen LogP contribution in [-0.2, 0) is 19.1 Å². The highest BCUT2D eigenvalue weighted by atomic mass is 16.5. The molecule has 0 saturated carbocycles. The Balaban J connectivity index is 2.59. The Hall–Kier alpha value is -1.59. The lowest BCUT2D eigenvalue weighted by molar-refractivity contribution is -0.147. The lowest BCUT2D eigenvalue weighted by Gasteiger charge is -2.23. The van der Waals surface area contributed by atoms with Crippen molar-refractivity contribution in [2.45, 2.75) is 32.2 Å². The standard InChI is InChI=1S/C11H18N2O4/c1-3-6-13(7-10(15)17-2)11(16)8-4-5-9(14)12-8/h8H,3-7H2,1-2H3,(H,12,14)/t8-/m0/s1. The maximum absolute atomic E-state index is 12.0. The van der Waals surface area contributed by atoms with Gasteiger partial charge in [-0.3, -0.25) is 14.4 Å². The highest BCUT2D eigenvalue weighted by Crippen LogP contribution is 2.10. The van der Waals surface area contributed by atoms with Gasteiger partial charge in [0.15, 0.2) is 0 Å². The summed E-state index contributed by atoms with van der Waals surface area (Å²) in [5.41, 5.74) is 0. The van der Waals surface area contributed by atoms with Crippen LogP contribution < -0.4 is 5.32 Å². The van der Waals surface area contributed by atoms with E-state index in [1.54, 1.807) is 0 Å². The molecule has 6 nitrogen and oxygen atoms in total. The maximum Gasteiger partial charge on any atom is 0.325 e. The van der Waals surface area contributed by atoms with Crippen LogP contribution in [0.4, 0.5) is 0 Å². The molecule has 1 aliphatic heterocycles. The second kappa shape index (κ2) is 6.22. The smallest absolute Gasteiger partial charge is 0.325 e. The Kier molecular flexibility index (Phi) is 4.93. The molecule has 0 aromatic heterocycles. The van der Waals surface area contributed by atoms with E-state index in [0.717, 1.165) is 6.42 Å². The fourth-order valence-corrected chi connectivity index (χ4v) is 1.78. The molecule has 0 radical (unpaired) electrons. The van der Waals surface area contributed by atoms with E-state index in [0.29, 0.717) is 19.4 Å². The predicted molar refractivity (Wildman–Crippen MR) is 60.1 cm³/mol. The first-order chi connectivity index (χ1) is 8.08. The van der Waals surface area contributed by atoms with Gasteiger partial charge in [-0.05, 0) is 12.8 Å². The van der Waals surface area contributed by atoms with Gasteiger partial charge in [-0.15, -0.1) is 0 Å². The second-order valence-corrected chi connectivity index (χ2v) is 3.99. The molecule has 96 valence electrons. The molecule has 0 bridgehead atoms. The van der Waals surface area contributed by atoms with Gasteiger partial charge in [0.1, 0.15) is 12.6 Å². The Morgan fingerprint density at radius 3 is 2.71 bits per heavy atom. The van der Waals surface area contributed by atoms with Crippen molar-refractivity contribution in [3.63, 3.8) is 0 Å². The van der Waals surface area contributed by atoms with Crippen molar-refractivity contribution in [3.8, 4) is 0 Å². The van der Waals surface area contributed by atoms with Crippen molar-refractivity contribution in [1.29, 1.82) is 0 Å². The number of hydrogen-bond donors (Lipinski definition) is 1. The summed E-state index contributed by atoms with van der Waals surface area (Å²) in [5.74, 6) is -0.767. The second-order valence-electron chi connectivity index (χ2n) is 3.99. The van der Waals surface area contributed by atoms with Gasteiger partial charge < -0.3 is 15.0 Å². The minimum absolute atomic E-state index is 0.0600.